The minimum Gasteiger partial charge on any atom is -0.464 e. The van der Waals surface area contributed by atoms with Crippen molar-refractivity contribution in [2.75, 3.05) is 57.8 Å². The van der Waals surface area contributed by atoms with Crippen LogP contribution in [0, 0.1) is 6.92 Å². The maximum Gasteiger partial charge on any atom is 0.322 e. The van der Waals surface area contributed by atoms with Crippen molar-refractivity contribution < 1.29 is 18.7 Å². The van der Waals surface area contributed by atoms with Gasteiger partial charge in [-0.2, -0.15) is 0 Å². The third kappa shape index (κ3) is 8.48. The molecule has 1 N–H and O–H groups in total. The van der Waals surface area contributed by atoms with Crippen molar-refractivity contribution in [3.05, 3.63) is 89.9 Å². The van der Waals surface area contributed by atoms with Gasteiger partial charge in [-0.3, -0.25) is 9.69 Å². The molecule has 37 heavy (non-hydrogen) atoms. The van der Waals surface area contributed by atoms with Crippen LogP contribution < -0.4 is 5.32 Å². The number of hydrogen-bond donors (Lipinski definition) is 1. The second-order valence-corrected chi connectivity index (χ2v) is 9.23. The molecule has 1 saturated heterocycles. The summed E-state index contributed by atoms with van der Waals surface area (Å²) >= 11 is 0. The van der Waals surface area contributed by atoms with Gasteiger partial charge in [0, 0.05) is 38.4 Å². The van der Waals surface area contributed by atoms with Crippen molar-refractivity contribution in [1.29, 1.82) is 0 Å². The summed E-state index contributed by atoms with van der Waals surface area (Å²) < 4.78 is 11.2. The molecule has 3 aromatic rings. The number of carbonyl (C=O) groups excluding carboxylic acids is 2. The molecule has 3 amide bonds. The summed E-state index contributed by atoms with van der Waals surface area (Å²) in [6.07, 6.45) is 0.719. The first-order valence-electron chi connectivity index (χ1n) is 12.8. The number of ether oxygens (including phenoxy) is 1. The molecule has 1 fully saturated rings. The number of furan rings is 1. The normalized spacial score (nSPS) is 13.8. The van der Waals surface area contributed by atoms with Gasteiger partial charge in [0.15, 0.2) is 0 Å². The third-order valence-corrected chi connectivity index (χ3v) is 6.44. The van der Waals surface area contributed by atoms with Crippen LogP contribution in [0.2, 0.25) is 0 Å². The fourth-order valence-corrected chi connectivity index (χ4v) is 4.29. The van der Waals surface area contributed by atoms with Gasteiger partial charge in [0.1, 0.15) is 18.1 Å². The van der Waals surface area contributed by atoms with Crippen LogP contribution in [-0.2, 0) is 22.5 Å². The molecule has 2 aromatic carbocycles. The molecule has 196 valence electrons. The number of hydrogen-bond acceptors (Lipinski definition) is 5. The highest BCUT2D eigenvalue weighted by atomic mass is 16.5. The van der Waals surface area contributed by atoms with Crippen LogP contribution in [0.1, 0.15) is 17.1 Å². The number of nitrogens with one attached hydrogen (secondary N) is 1. The average molecular weight is 505 g/mol. The van der Waals surface area contributed by atoms with E-state index in [1.54, 1.807) is 9.80 Å². The summed E-state index contributed by atoms with van der Waals surface area (Å²) in [7, 11) is 0. The fourth-order valence-electron chi connectivity index (χ4n) is 4.29. The zero-order chi connectivity index (χ0) is 25.9. The molecule has 8 heteroatoms. The Morgan fingerprint density at radius 3 is 2.27 bits per heavy atom. The first kappa shape index (κ1) is 26.4. The van der Waals surface area contributed by atoms with E-state index in [9.17, 15) is 9.59 Å². The molecule has 1 aliphatic rings. The van der Waals surface area contributed by atoms with E-state index in [1.165, 1.54) is 0 Å². The van der Waals surface area contributed by atoms with Crippen LogP contribution in [0.25, 0.3) is 0 Å². The number of benzene rings is 2. The number of carbonyl (C=O) groups is 2. The van der Waals surface area contributed by atoms with Gasteiger partial charge in [-0.15, -0.1) is 0 Å². The van der Waals surface area contributed by atoms with Crippen molar-refractivity contribution in [1.82, 2.24) is 14.7 Å². The molecule has 1 aromatic heterocycles. The molecule has 0 bridgehead atoms. The monoisotopic (exact) mass is 504 g/mol. The molecule has 0 spiro atoms. The molecular formula is C29H36N4O4. The van der Waals surface area contributed by atoms with Crippen LogP contribution in [0.15, 0.2) is 77.2 Å². The second kappa shape index (κ2) is 13.6. The number of urea groups is 1. The molecule has 0 radical (unpaired) electrons. The van der Waals surface area contributed by atoms with E-state index in [2.05, 4.69) is 22.3 Å². The predicted octanol–water partition coefficient (Wildman–Crippen LogP) is 4.03. The van der Waals surface area contributed by atoms with Gasteiger partial charge in [0.2, 0.25) is 5.91 Å². The maximum absolute atomic E-state index is 13.6. The van der Waals surface area contributed by atoms with Crippen molar-refractivity contribution in [2.24, 2.45) is 0 Å². The van der Waals surface area contributed by atoms with Crippen molar-refractivity contribution in [2.45, 2.75) is 19.9 Å². The Hall–Kier alpha value is -3.62. The third-order valence-electron chi connectivity index (χ3n) is 6.44. The zero-order valence-corrected chi connectivity index (χ0v) is 21.5. The minimum absolute atomic E-state index is 0.0164. The van der Waals surface area contributed by atoms with Crippen LogP contribution in [0.4, 0.5) is 10.5 Å². The van der Waals surface area contributed by atoms with E-state index in [0.717, 1.165) is 36.6 Å². The van der Waals surface area contributed by atoms with Gasteiger partial charge in [0.25, 0.3) is 0 Å². The molecule has 1 aliphatic heterocycles. The lowest BCUT2D eigenvalue weighted by Gasteiger charge is -2.31. The standard InChI is InChI=1S/C29H36N4O4/c1-24-12-13-27(37-24)22-32(15-14-25-8-4-2-5-9-25)28(34)23-33(17-16-31-18-20-36-21-19-31)29(35)30-26-10-6-3-7-11-26/h2-13H,14-23H2,1H3,(H,30,35). The van der Waals surface area contributed by atoms with Gasteiger partial charge in [-0.05, 0) is 43.2 Å². The van der Waals surface area contributed by atoms with Crippen molar-refractivity contribution in [3.63, 3.8) is 0 Å². The number of para-hydroxylation sites is 1. The Kier molecular flexibility index (Phi) is 9.74. The first-order chi connectivity index (χ1) is 18.1. The molecule has 4 rings (SSSR count). The maximum atomic E-state index is 13.6. The molecular weight excluding hydrogens is 468 g/mol. The number of nitrogens with zero attached hydrogens (tertiary/aromatic N) is 3. The second-order valence-electron chi connectivity index (χ2n) is 9.23. The Balaban J connectivity index is 1.46. The molecule has 2 heterocycles. The van der Waals surface area contributed by atoms with Gasteiger partial charge in [-0.25, -0.2) is 4.79 Å². The highest BCUT2D eigenvalue weighted by Gasteiger charge is 2.23. The first-order valence-corrected chi connectivity index (χ1v) is 12.8. The summed E-state index contributed by atoms with van der Waals surface area (Å²) in [5, 5.41) is 2.94. The smallest absolute Gasteiger partial charge is 0.322 e. The van der Waals surface area contributed by atoms with E-state index in [-0.39, 0.29) is 18.5 Å². The lowest BCUT2D eigenvalue weighted by Crippen LogP contribution is -2.48. The summed E-state index contributed by atoms with van der Waals surface area (Å²) in [5.74, 6) is 1.42. The van der Waals surface area contributed by atoms with Gasteiger partial charge in [-0.1, -0.05) is 48.5 Å². The largest absolute Gasteiger partial charge is 0.464 e. The zero-order valence-electron chi connectivity index (χ0n) is 21.5. The Labute approximate surface area is 218 Å². The highest BCUT2D eigenvalue weighted by Crippen LogP contribution is 2.13. The Morgan fingerprint density at radius 2 is 1.59 bits per heavy atom. The molecule has 0 aliphatic carbocycles. The van der Waals surface area contributed by atoms with E-state index < -0.39 is 0 Å². The predicted molar refractivity (Wildman–Crippen MR) is 143 cm³/mol. The highest BCUT2D eigenvalue weighted by molar-refractivity contribution is 5.92. The van der Waals surface area contributed by atoms with E-state index in [4.69, 9.17) is 9.15 Å². The average Bonchev–Trinajstić information content (AvgIpc) is 3.35. The lowest BCUT2D eigenvalue weighted by atomic mass is 10.1. The van der Waals surface area contributed by atoms with Crippen LogP contribution in [-0.4, -0.2) is 79.1 Å². The number of anilines is 1. The number of aryl methyl sites for hydroxylation is 1. The number of amides is 3. The summed E-state index contributed by atoms with van der Waals surface area (Å²) in [4.78, 5) is 32.5. The van der Waals surface area contributed by atoms with Gasteiger partial charge >= 0.3 is 6.03 Å². The molecule has 0 saturated carbocycles. The fraction of sp³-hybridized carbons (Fsp3) is 0.379. The van der Waals surface area contributed by atoms with Crippen LogP contribution in [0.5, 0.6) is 0 Å². The lowest BCUT2D eigenvalue weighted by molar-refractivity contribution is -0.132. The van der Waals surface area contributed by atoms with Crippen LogP contribution in [0.3, 0.4) is 0 Å². The summed E-state index contributed by atoms with van der Waals surface area (Å²) in [5.41, 5.74) is 1.85. The minimum atomic E-state index is -0.287. The van der Waals surface area contributed by atoms with Gasteiger partial charge < -0.3 is 24.3 Å². The Bertz CT molecular complexity index is 1110. The van der Waals surface area contributed by atoms with Crippen molar-refractivity contribution >= 4 is 17.6 Å². The van der Waals surface area contributed by atoms with E-state index >= 15 is 0 Å². The van der Waals surface area contributed by atoms with Crippen molar-refractivity contribution in [3.8, 4) is 0 Å². The summed E-state index contributed by atoms with van der Waals surface area (Å²) in [6.45, 7) is 6.90. The topological polar surface area (TPSA) is 78.3 Å². The summed E-state index contributed by atoms with van der Waals surface area (Å²) in [6, 6.07) is 22.9. The van der Waals surface area contributed by atoms with E-state index in [0.29, 0.717) is 45.1 Å². The number of morpholine rings is 1. The Morgan fingerprint density at radius 1 is 0.892 bits per heavy atom. The molecule has 0 atom stereocenters. The molecule has 0 unspecified atom stereocenters. The quantitative estimate of drug-likeness (QED) is 0.427. The molecule has 8 nitrogen and oxygen atoms in total. The van der Waals surface area contributed by atoms with E-state index in [1.807, 2.05) is 67.6 Å². The van der Waals surface area contributed by atoms with Crippen LogP contribution >= 0.6 is 0 Å². The van der Waals surface area contributed by atoms with Gasteiger partial charge in [0.05, 0.1) is 19.8 Å². The number of rotatable bonds is 11. The SMILES string of the molecule is Cc1ccc(CN(CCc2ccccc2)C(=O)CN(CCN2CCOCC2)C(=O)Nc2ccccc2)o1.